The monoisotopic (exact) mass is 437 g/mol. The van der Waals surface area contributed by atoms with Crippen molar-refractivity contribution >= 4 is 51.2 Å². The minimum absolute atomic E-state index is 0.0785. The van der Waals surface area contributed by atoms with Gasteiger partial charge in [-0.15, -0.1) is 0 Å². The fourth-order valence-electron chi connectivity index (χ4n) is 3.00. The summed E-state index contributed by atoms with van der Waals surface area (Å²) in [6.45, 7) is 2.96. The van der Waals surface area contributed by atoms with Crippen LogP contribution in [0.2, 0.25) is 5.02 Å². The molecule has 1 unspecified atom stereocenters. The molecular weight excluding hydrogens is 418 g/mol. The number of hydrogen-bond donors (Lipinski definition) is 3. The second-order valence-corrected chi connectivity index (χ2v) is 7.92. The molecule has 1 saturated heterocycles. The number of amides is 1. The molecule has 0 spiro atoms. The average Bonchev–Trinajstić information content (AvgIpc) is 2.69. The molecule has 0 bridgehead atoms. The predicted octanol–water partition coefficient (Wildman–Crippen LogP) is 2.62. The number of halogens is 1. The van der Waals surface area contributed by atoms with Crippen LogP contribution in [-0.4, -0.2) is 47.5 Å². The van der Waals surface area contributed by atoms with Crippen LogP contribution in [0.5, 0.6) is 0 Å². The number of carbonyl (C=O) groups excluding carboxylic acids is 1. The maximum Gasteiger partial charge on any atom is 0.294 e. The van der Waals surface area contributed by atoms with Crippen molar-refractivity contribution in [3.63, 3.8) is 0 Å². The fraction of sp³-hybridized carbons (Fsp3) is 0.278. The van der Waals surface area contributed by atoms with Crippen LogP contribution in [0.25, 0.3) is 0 Å². The normalized spacial score (nSPS) is 14.9. The molecule has 1 fully saturated rings. The molecule has 1 aliphatic heterocycles. The van der Waals surface area contributed by atoms with Crippen LogP contribution >= 0.6 is 11.6 Å². The molecule has 0 radical (unpaired) electrons. The Morgan fingerprint density at radius 2 is 1.90 bits per heavy atom. The first kappa shape index (κ1) is 21.0. The van der Waals surface area contributed by atoms with Crippen LogP contribution in [0.15, 0.2) is 36.4 Å². The molecular formula is C18H20ClN5O4S. The van der Waals surface area contributed by atoms with Crippen molar-refractivity contribution in [2.75, 3.05) is 47.4 Å². The highest BCUT2D eigenvalue weighted by molar-refractivity contribution is 7.85. The highest BCUT2D eigenvalue weighted by Crippen LogP contribution is 2.36. The molecule has 3 N–H and O–H groups in total. The van der Waals surface area contributed by atoms with Gasteiger partial charge in [0.05, 0.1) is 15.6 Å². The zero-order chi connectivity index (χ0) is 21.0. The smallest absolute Gasteiger partial charge is 0.294 e. The van der Waals surface area contributed by atoms with Gasteiger partial charge in [0, 0.05) is 49.8 Å². The lowest BCUT2D eigenvalue weighted by Gasteiger charge is -2.30. The van der Waals surface area contributed by atoms with E-state index in [4.69, 9.17) is 11.6 Å². The highest BCUT2D eigenvalue weighted by atomic mass is 35.5. The third-order valence-corrected chi connectivity index (χ3v) is 5.20. The molecule has 0 aliphatic carbocycles. The van der Waals surface area contributed by atoms with Crippen LogP contribution in [0.1, 0.15) is 10.4 Å². The Kier molecular flexibility index (Phi) is 6.68. The highest BCUT2D eigenvalue weighted by Gasteiger charge is 2.23. The Hall–Kier alpha value is -2.69. The SMILES string of the molecule is CS(=O)Nc1ccc(C(=O)Nc2cc(N3CCNCC3)c(Cl)cc2[N+](=O)[O-])cc1. The summed E-state index contributed by atoms with van der Waals surface area (Å²) in [4.78, 5) is 25.5. The standard InChI is InChI=1S/C18H20ClN5O4S/c1-29(28)22-13-4-2-12(3-5-13)18(25)21-15-11-16(23-8-6-20-7-9-23)14(19)10-17(15)24(26)27/h2-5,10-11,20,22H,6-9H2,1H3,(H,21,25). The molecule has 9 nitrogen and oxygen atoms in total. The van der Waals surface area contributed by atoms with Crippen molar-refractivity contribution < 1.29 is 13.9 Å². The summed E-state index contributed by atoms with van der Waals surface area (Å²) in [6, 6.07) is 9.11. The molecule has 11 heteroatoms. The quantitative estimate of drug-likeness (QED) is 0.472. The van der Waals surface area contributed by atoms with E-state index in [0.29, 0.717) is 30.0 Å². The number of benzene rings is 2. The predicted molar refractivity (Wildman–Crippen MR) is 115 cm³/mol. The lowest BCUT2D eigenvalue weighted by atomic mass is 10.1. The van der Waals surface area contributed by atoms with Crippen molar-refractivity contribution in [2.24, 2.45) is 0 Å². The number of piperazine rings is 1. The molecule has 154 valence electrons. The summed E-state index contributed by atoms with van der Waals surface area (Å²) in [6.07, 6.45) is 1.50. The van der Waals surface area contributed by atoms with Gasteiger partial charge in [-0.2, -0.15) is 0 Å². The van der Waals surface area contributed by atoms with Crippen molar-refractivity contribution in [1.82, 2.24) is 5.32 Å². The zero-order valence-electron chi connectivity index (χ0n) is 15.6. The topological polar surface area (TPSA) is 117 Å². The number of nitro groups is 1. The summed E-state index contributed by atoms with van der Waals surface area (Å²) in [5.41, 5.74) is 1.35. The summed E-state index contributed by atoms with van der Waals surface area (Å²) in [7, 11) is -1.23. The molecule has 0 saturated carbocycles. The van der Waals surface area contributed by atoms with Gasteiger partial charge in [-0.05, 0) is 30.3 Å². The molecule has 2 aromatic rings. The zero-order valence-corrected chi connectivity index (χ0v) is 17.2. The lowest BCUT2D eigenvalue weighted by Crippen LogP contribution is -2.43. The molecule has 1 heterocycles. The minimum atomic E-state index is -1.23. The average molecular weight is 438 g/mol. The summed E-state index contributed by atoms with van der Waals surface area (Å²) >= 11 is 6.28. The number of hydrogen-bond acceptors (Lipinski definition) is 6. The first-order valence-electron chi connectivity index (χ1n) is 8.80. The van der Waals surface area contributed by atoms with Gasteiger partial charge in [0.25, 0.3) is 11.6 Å². The van der Waals surface area contributed by atoms with Crippen molar-refractivity contribution in [3.8, 4) is 0 Å². The van der Waals surface area contributed by atoms with Crippen molar-refractivity contribution in [3.05, 3.63) is 57.1 Å². The van der Waals surface area contributed by atoms with Crippen LogP contribution in [0, 0.1) is 10.1 Å². The van der Waals surface area contributed by atoms with E-state index in [1.54, 1.807) is 30.3 Å². The summed E-state index contributed by atoms with van der Waals surface area (Å²) < 4.78 is 13.9. The van der Waals surface area contributed by atoms with Gasteiger partial charge in [0.15, 0.2) is 0 Å². The van der Waals surface area contributed by atoms with Crippen molar-refractivity contribution in [1.29, 1.82) is 0 Å². The van der Waals surface area contributed by atoms with E-state index in [0.717, 1.165) is 13.1 Å². The van der Waals surface area contributed by atoms with Gasteiger partial charge in [0.1, 0.15) is 16.7 Å². The summed E-state index contributed by atoms with van der Waals surface area (Å²) in [5.74, 6) is -0.495. The lowest BCUT2D eigenvalue weighted by molar-refractivity contribution is -0.383. The van der Waals surface area contributed by atoms with Gasteiger partial charge >= 0.3 is 0 Å². The fourth-order valence-corrected chi connectivity index (χ4v) is 3.75. The Balaban J connectivity index is 1.87. The maximum absolute atomic E-state index is 12.6. The number of anilines is 3. The van der Waals surface area contributed by atoms with E-state index in [1.165, 1.54) is 12.3 Å². The van der Waals surface area contributed by atoms with E-state index in [2.05, 4.69) is 15.4 Å². The van der Waals surface area contributed by atoms with E-state index in [9.17, 15) is 19.1 Å². The number of rotatable bonds is 6. The molecule has 0 aromatic heterocycles. The summed E-state index contributed by atoms with van der Waals surface area (Å²) in [5, 5.41) is 17.6. The molecule has 2 aromatic carbocycles. The Labute approximate surface area is 175 Å². The Morgan fingerprint density at radius 3 is 2.48 bits per heavy atom. The molecule has 3 rings (SSSR count). The van der Waals surface area contributed by atoms with E-state index < -0.39 is 21.8 Å². The number of nitro benzene ring substituents is 1. The second kappa shape index (κ2) is 9.21. The molecule has 29 heavy (non-hydrogen) atoms. The van der Waals surface area contributed by atoms with Gasteiger partial charge in [-0.3, -0.25) is 14.9 Å². The van der Waals surface area contributed by atoms with Crippen LogP contribution in [-0.2, 0) is 11.0 Å². The molecule has 1 amide bonds. The van der Waals surface area contributed by atoms with Gasteiger partial charge in [0.2, 0.25) is 0 Å². The number of nitrogens with one attached hydrogen (secondary N) is 3. The van der Waals surface area contributed by atoms with Gasteiger partial charge in [-0.1, -0.05) is 11.6 Å². The first-order chi connectivity index (χ1) is 13.8. The van der Waals surface area contributed by atoms with E-state index >= 15 is 0 Å². The Bertz CT molecular complexity index is 948. The molecule has 1 aliphatic rings. The molecule has 1 atom stereocenters. The van der Waals surface area contributed by atoms with Crippen LogP contribution in [0.4, 0.5) is 22.7 Å². The third-order valence-electron chi connectivity index (χ3n) is 4.38. The van der Waals surface area contributed by atoms with Gasteiger partial charge < -0.3 is 20.3 Å². The van der Waals surface area contributed by atoms with Crippen LogP contribution in [0.3, 0.4) is 0 Å². The number of nitrogens with zero attached hydrogens (tertiary/aromatic N) is 2. The van der Waals surface area contributed by atoms with E-state index in [1.807, 2.05) is 4.90 Å². The number of carbonyl (C=O) groups is 1. The van der Waals surface area contributed by atoms with E-state index in [-0.39, 0.29) is 16.4 Å². The third kappa shape index (κ3) is 5.22. The minimum Gasteiger partial charge on any atom is -0.368 e. The Morgan fingerprint density at radius 1 is 1.24 bits per heavy atom. The maximum atomic E-state index is 12.6. The van der Waals surface area contributed by atoms with Crippen LogP contribution < -0.4 is 20.3 Å². The van der Waals surface area contributed by atoms with Gasteiger partial charge in [-0.25, -0.2) is 4.21 Å². The second-order valence-electron chi connectivity index (χ2n) is 6.40. The largest absolute Gasteiger partial charge is 0.368 e. The first-order valence-corrected chi connectivity index (χ1v) is 10.7. The van der Waals surface area contributed by atoms with Crippen molar-refractivity contribution in [2.45, 2.75) is 0 Å².